The van der Waals surface area contributed by atoms with Crippen LogP contribution in [0.15, 0.2) is 23.4 Å². The van der Waals surface area contributed by atoms with Gasteiger partial charge in [-0.3, -0.25) is 0 Å². The van der Waals surface area contributed by atoms with Crippen molar-refractivity contribution in [2.45, 2.75) is 20.0 Å². The second kappa shape index (κ2) is 6.15. The van der Waals surface area contributed by atoms with E-state index in [4.69, 9.17) is 15.7 Å². The van der Waals surface area contributed by atoms with Gasteiger partial charge in [-0.05, 0) is 24.1 Å². The van der Waals surface area contributed by atoms with Crippen LogP contribution in [-0.2, 0) is 11.3 Å². The van der Waals surface area contributed by atoms with Crippen molar-refractivity contribution >= 4 is 5.84 Å². The molecule has 0 saturated carbocycles. The van der Waals surface area contributed by atoms with E-state index in [2.05, 4.69) is 5.16 Å². The standard InChI is InChI=1S/C11H14F2N2O2/c1-7-4-8(11(14)15-16)2-3-9(7)5-17-6-10(12)13/h2-4,10,16H,5-6H2,1H3,(H2,14,15). The SMILES string of the molecule is Cc1cc(/C(N)=N/O)ccc1COCC(F)F. The number of nitrogens with zero attached hydrogens (tertiary/aromatic N) is 1. The van der Waals surface area contributed by atoms with Gasteiger partial charge in [0.15, 0.2) is 5.84 Å². The lowest BCUT2D eigenvalue weighted by Crippen LogP contribution is -2.13. The van der Waals surface area contributed by atoms with Crippen molar-refractivity contribution < 1.29 is 18.7 Å². The summed E-state index contributed by atoms with van der Waals surface area (Å²) < 4.78 is 28.6. The lowest BCUT2D eigenvalue weighted by atomic mass is 10.1. The minimum absolute atomic E-state index is 0.00755. The number of oxime groups is 1. The van der Waals surface area contributed by atoms with E-state index in [-0.39, 0.29) is 12.4 Å². The summed E-state index contributed by atoms with van der Waals surface area (Å²) in [6, 6.07) is 5.05. The lowest BCUT2D eigenvalue weighted by molar-refractivity contribution is 0.00972. The molecule has 0 heterocycles. The summed E-state index contributed by atoms with van der Waals surface area (Å²) in [5.74, 6) is 0.00755. The minimum Gasteiger partial charge on any atom is -0.409 e. The second-order valence-corrected chi connectivity index (χ2v) is 3.53. The molecule has 17 heavy (non-hydrogen) atoms. The van der Waals surface area contributed by atoms with Gasteiger partial charge in [0.2, 0.25) is 0 Å². The number of ether oxygens (including phenoxy) is 1. The van der Waals surface area contributed by atoms with Gasteiger partial charge >= 0.3 is 0 Å². The Labute approximate surface area is 97.7 Å². The van der Waals surface area contributed by atoms with Crippen LogP contribution in [0.3, 0.4) is 0 Å². The van der Waals surface area contributed by atoms with Gasteiger partial charge in [0, 0.05) is 5.56 Å². The summed E-state index contributed by atoms with van der Waals surface area (Å²) in [6.45, 7) is 1.34. The number of hydrogen-bond acceptors (Lipinski definition) is 3. The molecule has 0 fully saturated rings. The Balaban J connectivity index is 2.70. The van der Waals surface area contributed by atoms with Gasteiger partial charge in [-0.2, -0.15) is 0 Å². The van der Waals surface area contributed by atoms with Crippen molar-refractivity contribution in [3.63, 3.8) is 0 Å². The maximum absolute atomic E-state index is 11.9. The Kier molecular flexibility index (Phi) is 4.84. The molecule has 0 saturated heterocycles. The van der Waals surface area contributed by atoms with Crippen LogP contribution in [0, 0.1) is 6.92 Å². The zero-order chi connectivity index (χ0) is 12.8. The van der Waals surface area contributed by atoms with Crippen molar-refractivity contribution in [2.75, 3.05) is 6.61 Å². The number of halogens is 2. The molecular weight excluding hydrogens is 230 g/mol. The molecule has 3 N–H and O–H groups in total. The summed E-state index contributed by atoms with van der Waals surface area (Å²) in [5, 5.41) is 11.4. The Morgan fingerprint density at radius 1 is 1.53 bits per heavy atom. The van der Waals surface area contributed by atoms with Gasteiger partial charge in [-0.15, -0.1) is 0 Å². The van der Waals surface area contributed by atoms with Gasteiger partial charge in [0.1, 0.15) is 6.61 Å². The van der Waals surface area contributed by atoms with Crippen molar-refractivity contribution in [1.82, 2.24) is 0 Å². The Morgan fingerprint density at radius 2 is 2.24 bits per heavy atom. The molecule has 1 rings (SSSR count). The van der Waals surface area contributed by atoms with Gasteiger partial charge < -0.3 is 15.7 Å². The zero-order valence-electron chi connectivity index (χ0n) is 9.36. The fraction of sp³-hybridized carbons (Fsp3) is 0.364. The number of rotatable bonds is 5. The van der Waals surface area contributed by atoms with Crippen LogP contribution in [0.1, 0.15) is 16.7 Å². The summed E-state index contributed by atoms with van der Waals surface area (Å²) in [6.07, 6.45) is -2.47. The molecule has 0 amide bonds. The molecule has 0 aliphatic carbocycles. The van der Waals surface area contributed by atoms with E-state index >= 15 is 0 Å². The van der Waals surface area contributed by atoms with Crippen molar-refractivity contribution in [1.29, 1.82) is 0 Å². The summed E-state index contributed by atoms with van der Waals surface area (Å²) in [5.41, 5.74) is 7.62. The van der Waals surface area contributed by atoms with E-state index in [0.29, 0.717) is 5.56 Å². The third kappa shape index (κ3) is 3.99. The summed E-state index contributed by atoms with van der Waals surface area (Å²) in [4.78, 5) is 0. The largest absolute Gasteiger partial charge is 0.409 e. The average molecular weight is 244 g/mol. The molecule has 6 heteroatoms. The molecule has 0 aliphatic heterocycles. The second-order valence-electron chi connectivity index (χ2n) is 3.53. The van der Waals surface area contributed by atoms with Crippen LogP contribution in [0.5, 0.6) is 0 Å². The smallest absolute Gasteiger partial charge is 0.261 e. The first kappa shape index (κ1) is 13.4. The first-order valence-corrected chi connectivity index (χ1v) is 4.98. The highest BCUT2D eigenvalue weighted by molar-refractivity contribution is 5.97. The van der Waals surface area contributed by atoms with E-state index in [1.807, 2.05) is 0 Å². The molecule has 4 nitrogen and oxygen atoms in total. The van der Waals surface area contributed by atoms with Crippen LogP contribution in [0.25, 0.3) is 0 Å². The number of amidine groups is 1. The number of benzene rings is 1. The van der Waals surface area contributed by atoms with Crippen LogP contribution < -0.4 is 5.73 Å². The van der Waals surface area contributed by atoms with Gasteiger partial charge in [-0.25, -0.2) is 8.78 Å². The van der Waals surface area contributed by atoms with E-state index in [0.717, 1.165) is 11.1 Å². The van der Waals surface area contributed by atoms with Crippen molar-refractivity contribution in [3.05, 3.63) is 34.9 Å². The summed E-state index contributed by atoms with van der Waals surface area (Å²) >= 11 is 0. The van der Waals surface area contributed by atoms with Gasteiger partial charge in [0.25, 0.3) is 6.43 Å². The molecule has 0 atom stereocenters. The Bertz CT molecular complexity index is 408. The predicted molar refractivity (Wildman–Crippen MR) is 59.3 cm³/mol. The van der Waals surface area contributed by atoms with Gasteiger partial charge in [-0.1, -0.05) is 17.3 Å². The minimum atomic E-state index is -2.47. The Hall–Kier alpha value is -1.69. The van der Waals surface area contributed by atoms with Crippen LogP contribution in [0.4, 0.5) is 8.78 Å². The molecule has 0 aliphatic rings. The van der Waals surface area contributed by atoms with Crippen molar-refractivity contribution in [2.24, 2.45) is 10.9 Å². The van der Waals surface area contributed by atoms with Crippen LogP contribution in [-0.4, -0.2) is 24.1 Å². The normalized spacial score (nSPS) is 12.1. The number of aryl methyl sites for hydroxylation is 1. The van der Waals surface area contributed by atoms with E-state index in [9.17, 15) is 8.78 Å². The third-order valence-electron chi connectivity index (χ3n) is 2.25. The van der Waals surface area contributed by atoms with Crippen molar-refractivity contribution in [3.8, 4) is 0 Å². The average Bonchev–Trinajstić information content (AvgIpc) is 2.29. The molecule has 0 aromatic heterocycles. The lowest BCUT2D eigenvalue weighted by Gasteiger charge is -2.08. The molecule has 1 aromatic rings. The molecule has 94 valence electrons. The summed E-state index contributed by atoms with van der Waals surface area (Å²) in [7, 11) is 0. The monoisotopic (exact) mass is 244 g/mol. The van der Waals surface area contributed by atoms with Crippen LogP contribution in [0.2, 0.25) is 0 Å². The topological polar surface area (TPSA) is 67.8 Å². The fourth-order valence-corrected chi connectivity index (χ4v) is 1.33. The molecule has 0 radical (unpaired) electrons. The zero-order valence-corrected chi connectivity index (χ0v) is 9.36. The molecule has 0 spiro atoms. The fourth-order valence-electron chi connectivity index (χ4n) is 1.33. The Morgan fingerprint density at radius 3 is 2.76 bits per heavy atom. The van der Waals surface area contributed by atoms with E-state index in [1.54, 1.807) is 25.1 Å². The predicted octanol–water partition coefficient (Wildman–Crippen LogP) is 1.87. The molecule has 0 unspecified atom stereocenters. The number of hydrogen-bond donors (Lipinski definition) is 2. The van der Waals surface area contributed by atoms with Crippen LogP contribution >= 0.6 is 0 Å². The maximum atomic E-state index is 11.9. The maximum Gasteiger partial charge on any atom is 0.261 e. The highest BCUT2D eigenvalue weighted by atomic mass is 19.3. The number of nitrogens with two attached hydrogens (primary N) is 1. The number of alkyl halides is 2. The third-order valence-corrected chi connectivity index (χ3v) is 2.25. The van der Waals surface area contributed by atoms with E-state index in [1.165, 1.54) is 0 Å². The molecule has 1 aromatic carbocycles. The quantitative estimate of drug-likeness (QED) is 0.359. The van der Waals surface area contributed by atoms with Gasteiger partial charge in [0.05, 0.1) is 6.61 Å². The van der Waals surface area contributed by atoms with E-state index < -0.39 is 13.0 Å². The highest BCUT2D eigenvalue weighted by Gasteiger charge is 2.06. The first-order valence-electron chi connectivity index (χ1n) is 4.98. The first-order chi connectivity index (χ1) is 8.04. The molecular formula is C11H14F2N2O2. The molecule has 0 bridgehead atoms. The highest BCUT2D eigenvalue weighted by Crippen LogP contribution is 2.12.